The standard InChI is InChI=1S/C20H25N3O2/c1-4-18(25)23-9-5-6-15(11-23)16-8-7-14(10-17(21)24)20-19(16)12(2)13(3)22-20/h4,7-8,15,22H,1,5-6,9-11H2,2-3H3,(H2,21,24). The Hall–Kier alpha value is -2.56. The SMILES string of the molecule is C=CC(=O)N1CCCC(c2ccc(CC(N)=O)c3[nH]c(C)c(C)c23)C1. The Bertz CT molecular complexity index is 850. The van der Waals surface area contributed by atoms with Gasteiger partial charge in [-0.3, -0.25) is 9.59 Å². The summed E-state index contributed by atoms with van der Waals surface area (Å²) >= 11 is 0. The molecule has 0 bridgehead atoms. The number of hydrogen-bond donors (Lipinski definition) is 2. The second-order valence-electron chi connectivity index (χ2n) is 6.91. The molecule has 25 heavy (non-hydrogen) atoms. The van der Waals surface area contributed by atoms with Crippen LogP contribution in [0, 0.1) is 13.8 Å². The van der Waals surface area contributed by atoms with Crippen molar-refractivity contribution < 1.29 is 9.59 Å². The molecule has 0 saturated carbocycles. The number of hydrogen-bond acceptors (Lipinski definition) is 2. The van der Waals surface area contributed by atoms with Gasteiger partial charge in [0.2, 0.25) is 11.8 Å². The maximum atomic E-state index is 12.0. The van der Waals surface area contributed by atoms with Gasteiger partial charge in [0.05, 0.1) is 6.42 Å². The van der Waals surface area contributed by atoms with E-state index in [0.29, 0.717) is 6.54 Å². The summed E-state index contributed by atoms with van der Waals surface area (Å²) in [6, 6.07) is 4.10. The number of carbonyl (C=O) groups is 2. The summed E-state index contributed by atoms with van der Waals surface area (Å²) in [5.41, 5.74) is 10.9. The number of aromatic nitrogens is 1. The van der Waals surface area contributed by atoms with Crippen LogP contribution < -0.4 is 5.73 Å². The van der Waals surface area contributed by atoms with E-state index in [1.807, 2.05) is 17.9 Å². The Labute approximate surface area is 147 Å². The van der Waals surface area contributed by atoms with Gasteiger partial charge < -0.3 is 15.6 Å². The van der Waals surface area contributed by atoms with Gasteiger partial charge in [-0.25, -0.2) is 0 Å². The molecule has 2 heterocycles. The Morgan fingerprint density at radius 1 is 1.40 bits per heavy atom. The van der Waals surface area contributed by atoms with E-state index in [9.17, 15) is 9.59 Å². The average molecular weight is 339 g/mol. The summed E-state index contributed by atoms with van der Waals surface area (Å²) in [4.78, 5) is 28.7. The molecule has 1 unspecified atom stereocenters. The van der Waals surface area contributed by atoms with Gasteiger partial charge in [-0.1, -0.05) is 18.7 Å². The highest BCUT2D eigenvalue weighted by molar-refractivity contribution is 5.93. The third kappa shape index (κ3) is 3.18. The molecule has 1 aliphatic heterocycles. The Kier molecular flexibility index (Phi) is 4.66. The number of nitrogens with one attached hydrogen (secondary N) is 1. The highest BCUT2D eigenvalue weighted by Gasteiger charge is 2.26. The number of rotatable bonds is 4. The minimum absolute atomic E-state index is 0.00624. The third-order valence-electron chi connectivity index (χ3n) is 5.29. The zero-order valence-corrected chi connectivity index (χ0v) is 14.9. The Morgan fingerprint density at radius 2 is 2.16 bits per heavy atom. The van der Waals surface area contributed by atoms with E-state index in [-0.39, 0.29) is 24.2 Å². The van der Waals surface area contributed by atoms with Crippen LogP contribution in [0.2, 0.25) is 0 Å². The number of primary amides is 1. The van der Waals surface area contributed by atoms with Crippen molar-refractivity contribution in [2.45, 2.75) is 39.0 Å². The third-order valence-corrected chi connectivity index (χ3v) is 5.29. The number of benzene rings is 1. The minimum atomic E-state index is -0.334. The highest BCUT2D eigenvalue weighted by Crippen LogP contribution is 2.36. The van der Waals surface area contributed by atoms with Crippen molar-refractivity contribution in [2.75, 3.05) is 13.1 Å². The van der Waals surface area contributed by atoms with Crippen molar-refractivity contribution >= 4 is 22.7 Å². The molecule has 0 spiro atoms. The molecule has 132 valence electrons. The summed E-state index contributed by atoms with van der Waals surface area (Å²) in [7, 11) is 0. The normalized spacial score (nSPS) is 17.7. The maximum Gasteiger partial charge on any atom is 0.245 e. The molecule has 1 aliphatic rings. The molecule has 5 heteroatoms. The Morgan fingerprint density at radius 3 is 2.84 bits per heavy atom. The summed E-state index contributed by atoms with van der Waals surface area (Å²) in [5.74, 6) is -0.0516. The smallest absolute Gasteiger partial charge is 0.245 e. The lowest BCUT2D eigenvalue weighted by molar-refractivity contribution is -0.127. The molecule has 1 atom stereocenters. The van der Waals surface area contributed by atoms with Crippen molar-refractivity contribution in [3.8, 4) is 0 Å². The minimum Gasteiger partial charge on any atom is -0.369 e. The van der Waals surface area contributed by atoms with Crippen LogP contribution in [0.25, 0.3) is 10.9 Å². The highest BCUT2D eigenvalue weighted by atomic mass is 16.2. The van der Waals surface area contributed by atoms with Gasteiger partial charge in [-0.2, -0.15) is 0 Å². The van der Waals surface area contributed by atoms with E-state index in [1.165, 1.54) is 22.6 Å². The number of nitrogens with zero attached hydrogens (tertiary/aromatic N) is 1. The molecule has 0 aliphatic carbocycles. The first kappa shape index (κ1) is 17.3. The lowest BCUT2D eigenvalue weighted by atomic mass is 9.86. The number of nitrogens with two attached hydrogens (primary N) is 1. The predicted molar refractivity (Wildman–Crippen MR) is 99.4 cm³/mol. The molecule has 1 aromatic carbocycles. The van der Waals surface area contributed by atoms with E-state index in [4.69, 9.17) is 5.73 Å². The lowest BCUT2D eigenvalue weighted by Gasteiger charge is -2.33. The molecular formula is C20H25N3O2. The molecule has 1 saturated heterocycles. The average Bonchev–Trinajstić information content (AvgIpc) is 2.90. The molecular weight excluding hydrogens is 314 g/mol. The van der Waals surface area contributed by atoms with Crippen LogP contribution in [-0.2, 0) is 16.0 Å². The van der Waals surface area contributed by atoms with Crippen molar-refractivity contribution in [1.82, 2.24) is 9.88 Å². The number of H-pyrrole nitrogens is 1. The van der Waals surface area contributed by atoms with Crippen molar-refractivity contribution in [3.63, 3.8) is 0 Å². The first-order valence-electron chi connectivity index (χ1n) is 8.72. The topological polar surface area (TPSA) is 79.2 Å². The number of amides is 2. The van der Waals surface area contributed by atoms with Crippen LogP contribution in [0.1, 0.15) is 41.1 Å². The molecule has 1 fully saturated rings. The van der Waals surface area contributed by atoms with Gasteiger partial charge in [0.25, 0.3) is 0 Å². The fourth-order valence-corrected chi connectivity index (χ4v) is 3.91. The quantitative estimate of drug-likeness (QED) is 0.840. The predicted octanol–water partition coefficient (Wildman–Crippen LogP) is 2.70. The lowest BCUT2D eigenvalue weighted by Crippen LogP contribution is -2.38. The van der Waals surface area contributed by atoms with E-state index < -0.39 is 0 Å². The van der Waals surface area contributed by atoms with E-state index in [1.54, 1.807) is 0 Å². The first-order valence-corrected chi connectivity index (χ1v) is 8.72. The second-order valence-corrected chi connectivity index (χ2v) is 6.91. The molecule has 2 amide bonds. The van der Waals surface area contributed by atoms with Crippen LogP contribution in [-0.4, -0.2) is 34.8 Å². The fourth-order valence-electron chi connectivity index (χ4n) is 3.91. The first-order chi connectivity index (χ1) is 11.9. The van der Waals surface area contributed by atoms with Crippen molar-refractivity contribution in [1.29, 1.82) is 0 Å². The summed E-state index contributed by atoms with van der Waals surface area (Å²) in [6.07, 6.45) is 3.65. The van der Waals surface area contributed by atoms with Crippen LogP contribution in [0.15, 0.2) is 24.8 Å². The van der Waals surface area contributed by atoms with Crippen molar-refractivity contribution in [3.05, 3.63) is 47.2 Å². The van der Waals surface area contributed by atoms with Gasteiger partial charge in [0.15, 0.2) is 0 Å². The van der Waals surface area contributed by atoms with Gasteiger partial charge in [-0.15, -0.1) is 0 Å². The summed E-state index contributed by atoms with van der Waals surface area (Å²) in [6.45, 7) is 9.24. The number of carbonyl (C=O) groups excluding carboxylic acids is 2. The van der Waals surface area contributed by atoms with Crippen LogP contribution in [0.5, 0.6) is 0 Å². The molecule has 3 rings (SSSR count). The largest absolute Gasteiger partial charge is 0.369 e. The molecule has 3 N–H and O–H groups in total. The summed E-state index contributed by atoms with van der Waals surface area (Å²) in [5, 5.41) is 1.18. The van der Waals surface area contributed by atoms with Crippen LogP contribution >= 0.6 is 0 Å². The van der Waals surface area contributed by atoms with Gasteiger partial charge in [0, 0.05) is 35.6 Å². The monoisotopic (exact) mass is 339 g/mol. The fraction of sp³-hybridized carbons (Fsp3) is 0.400. The van der Waals surface area contributed by atoms with Gasteiger partial charge >= 0.3 is 0 Å². The number of aromatic amines is 1. The van der Waals surface area contributed by atoms with E-state index in [2.05, 4.69) is 24.6 Å². The summed E-state index contributed by atoms with van der Waals surface area (Å²) < 4.78 is 0. The van der Waals surface area contributed by atoms with E-state index in [0.717, 1.165) is 36.2 Å². The molecule has 2 aromatic rings. The second kappa shape index (κ2) is 6.75. The van der Waals surface area contributed by atoms with Crippen molar-refractivity contribution in [2.24, 2.45) is 5.73 Å². The molecule has 1 aromatic heterocycles. The Balaban J connectivity index is 2.06. The number of piperidine rings is 1. The van der Waals surface area contributed by atoms with Crippen LogP contribution in [0.4, 0.5) is 0 Å². The van der Waals surface area contributed by atoms with Gasteiger partial charge in [0.1, 0.15) is 0 Å². The molecule has 0 radical (unpaired) electrons. The maximum absolute atomic E-state index is 12.0. The number of likely N-dealkylation sites (tertiary alicyclic amines) is 1. The van der Waals surface area contributed by atoms with E-state index >= 15 is 0 Å². The molecule has 5 nitrogen and oxygen atoms in total. The zero-order valence-electron chi connectivity index (χ0n) is 14.9. The zero-order chi connectivity index (χ0) is 18.1. The van der Waals surface area contributed by atoms with Crippen LogP contribution in [0.3, 0.4) is 0 Å². The number of fused-ring (bicyclic) bond motifs is 1. The van der Waals surface area contributed by atoms with Gasteiger partial charge in [-0.05, 0) is 49.5 Å². The number of aryl methyl sites for hydroxylation is 2.